The summed E-state index contributed by atoms with van der Waals surface area (Å²) >= 11 is 0. The topological polar surface area (TPSA) is 68.0 Å². The maximum atomic E-state index is 11.9. The molecule has 1 amide bonds. The van der Waals surface area contributed by atoms with Gasteiger partial charge >= 0.3 is 0 Å². The van der Waals surface area contributed by atoms with E-state index in [0.717, 1.165) is 11.1 Å². The number of pyridine rings is 1. The Labute approximate surface area is 112 Å². The minimum absolute atomic E-state index is 0.138. The first kappa shape index (κ1) is 13.2. The highest BCUT2D eigenvalue weighted by Crippen LogP contribution is 2.02. The number of benzene rings is 1. The molecule has 0 unspecified atom stereocenters. The Morgan fingerprint density at radius 2 is 1.79 bits per heavy atom. The highest BCUT2D eigenvalue weighted by Gasteiger charge is 2.13. The van der Waals surface area contributed by atoms with Crippen LogP contribution in [0.4, 0.5) is 0 Å². The van der Waals surface area contributed by atoms with E-state index < -0.39 is 6.04 Å². The molecule has 1 heterocycles. The Kier molecular flexibility index (Phi) is 4.64. The Morgan fingerprint density at radius 1 is 1.11 bits per heavy atom. The molecule has 3 N–H and O–H groups in total. The summed E-state index contributed by atoms with van der Waals surface area (Å²) in [7, 11) is 0. The number of rotatable bonds is 5. The number of carbonyl (C=O) groups excluding carboxylic acids is 1. The molecule has 1 aromatic carbocycles. The molecule has 2 aromatic rings. The number of nitrogens with zero attached hydrogens (tertiary/aromatic N) is 1. The van der Waals surface area contributed by atoms with Crippen molar-refractivity contribution in [3.63, 3.8) is 0 Å². The Hall–Kier alpha value is -2.20. The zero-order valence-electron chi connectivity index (χ0n) is 10.6. The van der Waals surface area contributed by atoms with Crippen molar-refractivity contribution >= 4 is 5.91 Å². The van der Waals surface area contributed by atoms with Gasteiger partial charge in [-0.25, -0.2) is 0 Å². The smallest absolute Gasteiger partial charge is 0.237 e. The molecular formula is C15H17N3O. The first-order chi connectivity index (χ1) is 9.25. The standard InChI is InChI=1S/C15H17N3O/c16-14(10-12-4-2-1-3-5-12)15(19)18-11-13-6-8-17-9-7-13/h1-9,14H,10-11,16H2,(H,18,19)/t14-/m1/s1. The van der Waals surface area contributed by atoms with E-state index in [1.54, 1.807) is 12.4 Å². The fraction of sp³-hybridized carbons (Fsp3) is 0.200. The fourth-order valence-corrected chi connectivity index (χ4v) is 1.78. The third kappa shape index (κ3) is 4.19. The summed E-state index contributed by atoms with van der Waals surface area (Å²) in [6.45, 7) is 0.476. The van der Waals surface area contributed by atoms with Crippen LogP contribution in [0.5, 0.6) is 0 Å². The lowest BCUT2D eigenvalue weighted by atomic mass is 10.1. The van der Waals surface area contributed by atoms with E-state index >= 15 is 0 Å². The number of hydrogen-bond acceptors (Lipinski definition) is 3. The summed E-state index contributed by atoms with van der Waals surface area (Å²) in [5, 5.41) is 2.83. The van der Waals surface area contributed by atoms with E-state index in [4.69, 9.17) is 5.73 Å². The van der Waals surface area contributed by atoms with Gasteiger partial charge < -0.3 is 11.1 Å². The fourth-order valence-electron chi connectivity index (χ4n) is 1.78. The molecule has 0 aliphatic carbocycles. The van der Waals surface area contributed by atoms with Gasteiger partial charge in [0.25, 0.3) is 0 Å². The van der Waals surface area contributed by atoms with Crippen LogP contribution in [-0.4, -0.2) is 16.9 Å². The number of aromatic nitrogens is 1. The predicted octanol–water partition coefficient (Wildman–Crippen LogP) is 1.27. The van der Waals surface area contributed by atoms with E-state index in [1.807, 2.05) is 42.5 Å². The Morgan fingerprint density at radius 3 is 2.47 bits per heavy atom. The molecule has 0 spiro atoms. The van der Waals surface area contributed by atoms with Gasteiger partial charge in [-0.2, -0.15) is 0 Å². The van der Waals surface area contributed by atoms with Gasteiger partial charge in [0.05, 0.1) is 6.04 Å². The SMILES string of the molecule is N[C@H](Cc1ccccc1)C(=O)NCc1ccncc1. The van der Waals surface area contributed by atoms with E-state index in [9.17, 15) is 4.79 Å². The quantitative estimate of drug-likeness (QED) is 0.845. The van der Waals surface area contributed by atoms with Gasteiger partial charge in [-0.1, -0.05) is 30.3 Å². The van der Waals surface area contributed by atoms with Gasteiger partial charge in [0.15, 0.2) is 0 Å². The van der Waals surface area contributed by atoms with E-state index in [1.165, 1.54) is 0 Å². The van der Waals surface area contributed by atoms with Crippen LogP contribution in [0.25, 0.3) is 0 Å². The molecular weight excluding hydrogens is 238 g/mol. The molecule has 0 radical (unpaired) electrons. The largest absolute Gasteiger partial charge is 0.351 e. The molecule has 19 heavy (non-hydrogen) atoms. The van der Waals surface area contributed by atoms with E-state index in [0.29, 0.717) is 13.0 Å². The predicted molar refractivity (Wildman–Crippen MR) is 74.2 cm³/mol. The Balaban J connectivity index is 1.83. The second-order valence-electron chi connectivity index (χ2n) is 4.37. The van der Waals surface area contributed by atoms with Crippen molar-refractivity contribution in [3.8, 4) is 0 Å². The molecule has 0 saturated carbocycles. The zero-order chi connectivity index (χ0) is 13.5. The molecule has 98 valence electrons. The van der Waals surface area contributed by atoms with Gasteiger partial charge in [-0.3, -0.25) is 9.78 Å². The third-order valence-corrected chi connectivity index (χ3v) is 2.85. The molecule has 1 atom stereocenters. The number of hydrogen-bond donors (Lipinski definition) is 2. The number of carbonyl (C=O) groups is 1. The van der Waals surface area contributed by atoms with Gasteiger partial charge in [-0.15, -0.1) is 0 Å². The van der Waals surface area contributed by atoms with Gasteiger partial charge in [0, 0.05) is 18.9 Å². The summed E-state index contributed by atoms with van der Waals surface area (Å²) in [6.07, 6.45) is 3.94. The molecule has 0 saturated heterocycles. The Bertz CT molecular complexity index is 513. The monoisotopic (exact) mass is 255 g/mol. The first-order valence-electron chi connectivity index (χ1n) is 6.22. The molecule has 0 bridgehead atoms. The highest BCUT2D eigenvalue weighted by atomic mass is 16.2. The van der Waals surface area contributed by atoms with Crippen molar-refractivity contribution in [2.24, 2.45) is 5.73 Å². The molecule has 2 rings (SSSR count). The lowest BCUT2D eigenvalue weighted by Gasteiger charge is -2.12. The molecule has 1 aromatic heterocycles. The summed E-state index contributed by atoms with van der Waals surface area (Å²) in [6, 6.07) is 13.0. The second-order valence-corrected chi connectivity index (χ2v) is 4.37. The normalized spacial score (nSPS) is 11.8. The molecule has 4 heteroatoms. The third-order valence-electron chi connectivity index (χ3n) is 2.85. The lowest BCUT2D eigenvalue weighted by molar-refractivity contribution is -0.122. The van der Waals surface area contributed by atoms with Gasteiger partial charge in [0.1, 0.15) is 0 Å². The maximum absolute atomic E-state index is 11.9. The van der Waals surface area contributed by atoms with E-state index in [-0.39, 0.29) is 5.91 Å². The van der Waals surface area contributed by atoms with Crippen LogP contribution < -0.4 is 11.1 Å². The van der Waals surface area contributed by atoms with Crippen LogP contribution in [0.2, 0.25) is 0 Å². The van der Waals surface area contributed by atoms with Crippen molar-refractivity contribution < 1.29 is 4.79 Å². The number of amides is 1. The average molecular weight is 255 g/mol. The number of nitrogens with one attached hydrogen (secondary N) is 1. The summed E-state index contributed by atoms with van der Waals surface area (Å²) in [5.74, 6) is -0.138. The van der Waals surface area contributed by atoms with Gasteiger partial charge in [0.2, 0.25) is 5.91 Å². The lowest BCUT2D eigenvalue weighted by Crippen LogP contribution is -2.41. The van der Waals surface area contributed by atoms with Crippen molar-refractivity contribution in [3.05, 3.63) is 66.0 Å². The molecule has 0 aliphatic rings. The molecule has 0 aliphatic heterocycles. The van der Waals surface area contributed by atoms with Crippen molar-refractivity contribution in [1.29, 1.82) is 0 Å². The van der Waals surface area contributed by atoms with Crippen LogP contribution in [0, 0.1) is 0 Å². The van der Waals surface area contributed by atoms with Crippen molar-refractivity contribution in [2.45, 2.75) is 19.0 Å². The number of nitrogens with two attached hydrogens (primary N) is 1. The highest BCUT2D eigenvalue weighted by molar-refractivity contribution is 5.81. The average Bonchev–Trinajstić information content (AvgIpc) is 2.47. The van der Waals surface area contributed by atoms with Crippen molar-refractivity contribution in [2.75, 3.05) is 0 Å². The minimum atomic E-state index is -0.524. The van der Waals surface area contributed by atoms with Crippen LogP contribution in [0.1, 0.15) is 11.1 Å². The maximum Gasteiger partial charge on any atom is 0.237 e. The van der Waals surface area contributed by atoms with Crippen LogP contribution in [0.15, 0.2) is 54.9 Å². The van der Waals surface area contributed by atoms with Crippen LogP contribution in [0.3, 0.4) is 0 Å². The van der Waals surface area contributed by atoms with Crippen LogP contribution >= 0.6 is 0 Å². The van der Waals surface area contributed by atoms with E-state index in [2.05, 4.69) is 10.3 Å². The van der Waals surface area contributed by atoms with Crippen molar-refractivity contribution in [1.82, 2.24) is 10.3 Å². The molecule has 0 fully saturated rings. The summed E-state index contributed by atoms with van der Waals surface area (Å²) in [4.78, 5) is 15.8. The summed E-state index contributed by atoms with van der Waals surface area (Å²) < 4.78 is 0. The summed E-state index contributed by atoms with van der Waals surface area (Å²) in [5.41, 5.74) is 7.96. The zero-order valence-corrected chi connectivity index (χ0v) is 10.6. The van der Waals surface area contributed by atoms with Crippen LogP contribution in [-0.2, 0) is 17.8 Å². The van der Waals surface area contributed by atoms with Gasteiger partial charge in [-0.05, 0) is 29.7 Å². The molecule has 4 nitrogen and oxygen atoms in total. The first-order valence-corrected chi connectivity index (χ1v) is 6.22. The second kappa shape index (κ2) is 6.66. The minimum Gasteiger partial charge on any atom is -0.351 e.